The number of ether oxygens (including phenoxy) is 1. The van der Waals surface area contributed by atoms with Crippen LogP contribution in [-0.2, 0) is 17.7 Å². The maximum atomic E-state index is 16.2. The molecule has 0 spiro atoms. The number of fused-ring (bicyclic) bond motifs is 3. The van der Waals surface area contributed by atoms with Crippen molar-refractivity contribution >= 4 is 17.8 Å². The lowest BCUT2D eigenvalue weighted by Crippen LogP contribution is -2.39. The number of carbonyl (C=O) groups excluding carboxylic acids is 2. The van der Waals surface area contributed by atoms with E-state index in [9.17, 15) is 14.9 Å². The van der Waals surface area contributed by atoms with Crippen molar-refractivity contribution in [2.24, 2.45) is 17.6 Å². The van der Waals surface area contributed by atoms with Crippen LogP contribution in [0.25, 0.3) is 11.1 Å². The number of pyridine rings is 1. The van der Waals surface area contributed by atoms with Gasteiger partial charge in [0.1, 0.15) is 6.10 Å². The van der Waals surface area contributed by atoms with Crippen molar-refractivity contribution in [2.75, 3.05) is 5.32 Å². The van der Waals surface area contributed by atoms with Crippen LogP contribution in [-0.4, -0.2) is 23.2 Å². The van der Waals surface area contributed by atoms with Crippen LogP contribution >= 0.6 is 0 Å². The van der Waals surface area contributed by atoms with Gasteiger partial charge in [-0.3, -0.25) is 10.3 Å². The van der Waals surface area contributed by atoms with E-state index in [0.29, 0.717) is 39.8 Å². The quantitative estimate of drug-likeness (QED) is 0.366. The smallest absolute Gasteiger partial charge is 0.411 e. The molecule has 1 heterocycles. The van der Waals surface area contributed by atoms with Crippen molar-refractivity contribution in [2.45, 2.75) is 51.2 Å². The summed E-state index contributed by atoms with van der Waals surface area (Å²) in [5, 5.41) is 14.8. The van der Waals surface area contributed by atoms with Gasteiger partial charge in [-0.25, -0.2) is 14.0 Å². The molecule has 2 bridgehead atoms. The number of amides is 3. The number of anilines is 1. The number of aromatic nitrogens is 1. The summed E-state index contributed by atoms with van der Waals surface area (Å²) in [6.07, 6.45) is 6.21. The predicted octanol–water partition coefficient (Wildman–Crippen LogP) is 5.65. The molecule has 1 atom stereocenters. The van der Waals surface area contributed by atoms with E-state index >= 15 is 4.39 Å². The number of nitrogens with one attached hydrogen (secondary N) is 2. The largest absolute Gasteiger partial charge is 0.446 e. The number of benzene rings is 2. The maximum Gasteiger partial charge on any atom is 0.411 e. The number of primary amides is 1. The van der Waals surface area contributed by atoms with E-state index in [1.54, 1.807) is 48.7 Å². The van der Waals surface area contributed by atoms with Gasteiger partial charge in [0.2, 0.25) is 0 Å². The molecule has 0 radical (unpaired) electrons. The third-order valence-electron chi connectivity index (χ3n) is 7.84. The van der Waals surface area contributed by atoms with Gasteiger partial charge < -0.3 is 15.8 Å². The standard InChI is InChI=1S/C30H30FN5O3/c31-28-24(15-20-4-1-2-5-21(20)16-32)22(23-6-3-13-34-26(23)17-35-29(33)37)11-12-25(28)36-30(38)39-27-14-18-7-9-19(27)10-8-18/h1-6,11-13,18-19,27H,7-10,14-15,17H2,(H,36,38)(H3,33,35,37). The first kappa shape index (κ1) is 26.2. The first-order chi connectivity index (χ1) is 18.9. The van der Waals surface area contributed by atoms with Gasteiger partial charge in [-0.15, -0.1) is 0 Å². The Balaban J connectivity index is 1.48. The molecule has 0 saturated heterocycles. The summed E-state index contributed by atoms with van der Waals surface area (Å²) in [5.74, 6) is 0.331. The molecule has 3 aromatic rings. The van der Waals surface area contributed by atoms with Crippen LogP contribution in [0.3, 0.4) is 0 Å². The molecule has 9 heteroatoms. The zero-order valence-electron chi connectivity index (χ0n) is 21.5. The lowest BCUT2D eigenvalue weighted by molar-refractivity contribution is -0.00738. The third-order valence-corrected chi connectivity index (χ3v) is 7.84. The molecule has 3 aliphatic carbocycles. The first-order valence-electron chi connectivity index (χ1n) is 13.2. The molecule has 2 aromatic carbocycles. The van der Waals surface area contributed by atoms with E-state index < -0.39 is 17.9 Å². The topological polar surface area (TPSA) is 130 Å². The van der Waals surface area contributed by atoms with Crippen molar-refractivity contribution in [3.8, 4) is 17.2 Å². The average Bonchev–Trinajstić information content (AvgIpc) is 2.95. The van der Waals surface area contributed by atoms with Crippen LogP contribution in [0.5, 0.6) is 0 Å². The summed E-state index contributed by atoms with van der Waals surface area (Å²) in [5.41, 5.74) is 8.21. The van der Waals surface area contributed by atoms with E-state index in [1.165, 1.54) is 18.9 Å². The Bertz CT molecular complexity index is 1430. The van der Waals surface area contributed by atoms with Gasteiger partial charge in [-0.05, 0) is 73.3 Å². The molecule has 0 aliphatic heterocycles. The van der Waals surface area contributed by atoms with Gasteiger partial charge in [-0.2, -0.15) is 5.26 Å². The normalized spacial score (nSPS) is 19.6. The SMILES string of the molecule is N#Cc1ccccc1Cc1c(-c2cccnc2CNC(N)=O)ccc(NC(=O)OC2CC3CCC2CC3)c1F. The molecule has 8 nitrogen and oxygen atoms in total. The van der Waals surface area contributed by atoms with Crippen molar-refractivity contribution in [3.63, 3.8) is 0 Å². The number of nitrogens with zero attached hydrogens (tertiary/aromatic N) is 2. The Kier molecular flexibility index (Phi) is 7.73. The Hall–Kier alpha value is -4.45. The third kappa shape index (κ3) is 5.85. The fraction of sp³-hybridized carbons (Fsp3) is 0.333. The van der Waals surface area contributed by atoms with Crippen LogP contribution in [0.2, 0.25) is 0 Å². The molecule has 6 rings (SSSR count). The number of nitriles is 1. The van der Waals surface area contributed by atoms with Crippen molar-refractivity contribution in [3.05, 3.63) is 82.9 Å². The van der Waals surface area contributed by atoms with Crippen LogP contribution in [0.4, 0.5) is 19.7 Å². The van der Waals surface area contributed by atoms with E-state index in [-0.39, 0.29) is 30.3 Å². The number of carbonyl (C=O) groups is 2. The minimum Gasteiger partial charge on any atom is -0.446 e. The van der Waals surface area contributed by atoms with Gasteiger partial charge in [0, 0.05) is 23.7 Å². The molecule has 3 aliphatic rings. The molecule has 1 unspecified atom stereocenters. The Morgan fingerprint density at radius 1 is 1.08 bits per heavy atom. The van der Waals surface area contributed by atoms with E-state index in [0.717, 1.165) is 19.3 Å². The molecule has 3 saturated carbocycles. The van der Waals surface area contributed by atoms with Crippen molar-refractivity contribution in [1.29, 1.82) is 5.26 Å². The van der Waals surface area contributed by atoms with E-state index in [4.69, 9.17) is 10.5 Å². The first-order valence-corrected chi connectivity index (χ1v) is 13.2. The zero-order valence-corrected chi connectivity index (χ0v) is 21.5. The molecular formula is C30H30FN5O3. The summed E-state index contributed by atoms with van der Waals surface area (Å²) in [7, 11) is 0. The van der Waals surface area contributed by atoms with Crippen molar-refractivity contribution in [1.82, 2.24) is 10.3 Å². The number of urea groups is 1. The lowest BCUT2D eigenvalue weighted by Gasteiger charge is -2.41. The number of rotatable bonds is 7. The molecule has 3 amide bonds. The number of nitrogens with two attached hydrogens (primary N) is 1. The minimum absolute atomic E-state index is 0.00476. The predicted molar refractivity (Wildman–Crippen MR) is 144 cm³/mol. The highest BCUT2D eigenvalue weighted by Crippen LogP contribution is 2.43. The van der Waals surface area contributed by atoms with Gasteiger partial charge in [0.25, 0.3) is 0 Å². The molecular weight excluding hydrogens is 497 g/mol. The summed E-state index contributed by atoms with van der Waals surface area (Å²) < 4.78 is 22.0. The van der Waals surface area contributed by atoms with Gasteiger partial charge in [0.05, 0.1) is 29.6 Å². The highest BCUT2D eigenvalue weighted by atomic mass is 19.1. The number of hydrogen-bond donors (Lipinski definition) is 3. The van der Waals surface area contributed by atoms with Crippen LogP contribution in [0, 0.1) is 29.0 Å². The maximum absolute atomic E-state index is 16.2. The van der Waals surface area contributed by atoms with Crippen LogP contribution in [0.1, 0.15) is 54.5 Å². The average molecular weight is 528 g/mol. The Morgan fingerprint density at radius 3 is 2.59 bits per heavy atom. The highest BCUT2D eigenvalue weighted by Gasteiger charge is 2.38. The number of hydrogen-bond acceptors (Lipinski definition) is 5. The van der Waals surface area contributed by atoms with E-state index in [1.807, 2.05) is 0 Å². The molecule has 4 N–H and O–H groups in total. The second kappa shape index (κ2) is 11.5. The Labute approximate surface area is 226 Å². The van der Waals surface area contributed by atoms with Crippen molar-refractivity contribution < 1.29 is 18.7 Å². The van der Waals surface area contributed by atoms with Gasteiger partial charge in [-0.1, -0.05) is 30.3 Å². The van der Waals surface area contributed by atoms with Crippen LogP contribution in [0.15, 0.2) is 54.7 Å². The molecule has 200 valence electrons. The Morgan fingerprint density at radius 2 is 1.87 bits per heavy atom. The summed E-state index contributed by atoms with van der Waals surface area (Å²) in [6, 6.07) is 15.1. The second-order valence-corrected chi connectivity index (χ2v) is 10.2. The molecule has 3 fully saturated rings. The highest BCUT2D eigenvalue weighted by molar-refractivity contribution is 5.86. The van der Waals surface area contributed by atoms with Crippen LogP contribution < -0.4 is 16.4 Å². The zero-order chi connectivity index (χ0) is 27.4. The summed E-state index contributed by atoms with van der Waals surface area (Å²) in [6.45, 7) is 0.0528. The number of halogens is 1. The summed E-state index contributed by atoms with van der Waals surface area (Å²) in [4.78, 5) is 28.5. The monoisotopic (exact) mass is 527 g/mol. The second-order valence-electron chi connectivity index (χ2n) is 10.2. The minimum atomic E-state index is -0.704. The van der Waals surface area contributed by atoms with Gasteiger partial charge in [0.15, 0.2) is 5.82 Å². The van der Waals surface area contributed by atoms with Gasteiger partial charge >= 0.3 is 12.1 Å². The molecule has 39 heavy (non-hydrogen) atoms. The molecule has 1 aromatic heterocycles. The fourth-order valence-electron chi connectivity index (χ4n) is 5.85. The summed E-state index contributed by atoms with van der Waals surface area (Å²) >= 11 is 0. The fourth-order valence-corrected chi connectivity index (χ4v) is 5.85. The van der Waals surface area contributed by atoms with E-state index in [2.05, 4.69) is 21.7 Å². The lowest BCUT2D eigenvalue weighted by atomic mass is 9.69.